The van der Waals surface area contributed by atoms with Gasteiger partial charge < -0.3 is 0 Å². The van der Waals surface area contributed by atoms with E-state index in [0.717, 1.165) is 27.6 Å². The molecule has 0 aliphatic carbocycles. The Labute approximate surface area is 119 Å². The highest BCUT2D eigenvalue weighted by molar-refractivity contribution is 8.14. The Hall–Kier alpha value is -2.20. The van der Waals surface area contributed by atoms with E-state index in [4.69, 9.17) is 0 Å². The fourth-order valence-corrected chi connectivity index (χ4v) is 2.83. The monoisotopic (exact) mass is 283 g/mol. The summed E-state index contributed by atoms with van der Waals surface area (Å²) < 4.78 is 13.6. The first kappa shape index (κ1) is 12.8. The third-order valence-corrected chi connectivity index (χ3v) is 3.85. The number of hydrogen-bond acceptors (Lipinski definition) is 3. The fraction of sp³-hybridized carbons (Fsp3) is 0. The van der Waals surface area contributed by atoms with E-state index in [9.17, 15) is 9.18 Å². The summed E-state index contributed by atoms with van der Waals surface area (Å²) in [6, 6.07) is 15.4. The summed E-state index contributed by atoms with van der Waals surface area (Å²) in [5.41, 5.74) is 0.843. The van der Waals surface area contributed by atoms with E-state index in [1.165, 1.54) is 12.1 Å². The van der Waals surface area contributed by atoms with E-state index in [-0.39, 0.29) is 10.7 Å². The van der Waals surface area contributed by atoms with Crippen LogP contribution in [-0.2, 0) is 0 Å². The molecular formula is C16H10FNOS. The molecule has 2 aromatic carbocycles. The van der Waals surface area contributed by atoms with Crippen molar-refractivity contribution in [3.63, 3.8) is 0 Å². The van der Waals surface area contributed by atoms with Gasteiger partial charge in [0.1, 0.15) is 5.82 Å². The van der Waals surface area contributed by atoms with Crippen LogP contribution in [0.25, 0.3) is 10.9 Å². The molecule has 1 heterocycles. The van der Waals surface area contributed by atoms with Crippen molar-refractivity contribution in [2.24, 2.45) is 0 Å². The highest BCUT2D eigenvalue weighted by atomic mass is 32.2. The lowest BCUT2D eigenvalue weighted by Gasteiger charge is -2.05. The first-order valence-electron chi connectivity index (χ1n) is 6.06. The Bertz CT molecular complexity index is 783. The molecule has 0 amide bonds. The SMILES string of the molecule is O=C(Sc1cccc2cccnc12)c1ccccc1F. The standard InChI is InChI=1S/C16H10FNOS/c17-13-8-2-1-7-12(13)16(19)20-14-9-3-5-11-6-4-10-18-15(11)14/h1-10H. The van der Waals surface area contributed by atoms with E-state index < -0.39 is 5.82 Å². The average Bonchev–Trinajstić information content (AvgIpc) is 2.48. The molecule has 0 saturated carbocycles. The van der Waals surface area contributed by atoms with Crippen LogP contribution in [0.5, 0.6) is 0 Å². The van der Waals surface area contributed by atoms with E-state index in [1.807, 2.05) is 30.3 Å². The lowest BCUT2D eigenvalue weighted by atomic mass is 10.2. The molecule has 98 valence electrons. The van der Waals surface area contributed by atoms with Crippen LogP contribution in [-0.4, -0.2) is 10.1 Å². The van der Waals surface area contributed by atoms with Crippen LogP contribution in [0.2, 0.25) is 0 Å². The van der Waals surface area contributed by atoms with Gasteiger partial charge in [-0.15, -0.1) is 0 Å². The number of rotatable bonds is 2. The molecule has 2 nitrogen and oxygen atoms in total. The number of thioether (sulfide) groups is 1. The van der Waals surface area contributed by atoms with Gasteiger partial charge in [-0.05, 0) is 36.0 Å². The number of pyridine rings is 1. The number of hydrogen-bond donors (Lipinski definition) is 0. The summed E-state index contributed by atoms with van der Waals surface area (Å²) in [7, 11) is 0. The second kappa shape index (κ2) is 5.43. The number of nitrogens with zero attached hydrogens (tertiary/aromatic N) is 1. The molecule has 0 aliphatic rings. The first-order chi connectivity index (χ1) is 9.75. The summed E-state index contributed by atoms with van der Waals surface area (Å²) in [6.45, 7) is 0. The molecule has 0 spiro atoms. The Balaban J connectivity index is 1.98. The van der Waals surface area contributed by atoms with E-state index >= 15 is 0 Å². The molecule has 0 unspecified atom stereocenters. The first-order valence-corrected chi connectivity index (χ1v) is 6.88. The van der Waals surface area contributed by atoms with Gasteiger partial charge in [-0.2, -0.15) is 0 Å². The predicted octanol–water partition coefficient (Wildman–Crippen LogP) is 4.31. The summed E-state index contributed by atoms with van der Waals surface area (Å²) in [6.07, 6.45) is 1.68. The molecule has 0 radical (unpaired) electrons. The zero-order valence-corrected chi connectivity index (χ0v) is 11.2. The lowest BCUT2D eigenvalue weighted by molar-refractivity contribution is 0.108. The highest BCUT2D eigenvalue weighted by Crippen LogP contribution is 2.29. The van der Waals surface area contributed by atoms with Crippen molar-refractivity contribution < 1.29 is 9.18 Å². The quantitative estimate of drug-likeness (QED) is 0.657. The smallest absolute Gasteiger partial charge is 0.227 e. The zero-order chi connectivity index (χ0) is 13.9. The molecule has 3 aromatic rings. The molecule has 0 atom stereocenters. The minimum atomic E-state index is -0.502. The van der Waals surface area contributed by atoms with Crippen molar-refractivity contribution in [2.45, 2.75) is 4.90 Å². The summed E-state index contributed by atoms with van der Waals surface area (Å²) in [5.74, 6) is -0.502. The van der Waals surface area contributed by atoms with Crippen molar-refractivity contribution in [3.05, 3.63) is 72.2 Å². The van der Waals surface area contributed by atoms with E-state index in [0.29, 0.717) is 0 Å². The Morgan fingerprint density at radius 3 is 2.65 bits per heavy atom. The van der Waals surface area contributed by atoms with Crippen molar-refractivity contribution >= 4 is 27.8 Å². The van der Waals surface area contributed by atoms with Crippen molar-refractivity contribution in [1.29, 1.82) is 0 Å². The van der Waals surface area contributed by atoms with Crippen LogP contribution in [0.1, 0.15) is 10.4 Å². The molecule has 0 N–H and O–H groups in total. The van der Waals surface area contributed by atoms with Gasteiger partial charge in [0, 0.05) is 16.5 Å². The Morgan fingerprint density at radius 2 is 1.80 bits per heavy atom. The number of fused-ring (bicyclic) bond motifs is 1. The molecular weight excluding hydrogens is 273 g/mol. The third kappa shape index (κ3) is 2.42. The van der Waals surface area contributed by atoms with Gasteiger partial charge in [0.15, 0.2) is 0 Å². The number of benzene rings is 2. The largest absolute Gasteiger partial charge is 0.281 e. The van der Waals surface area contributed by atoms with Crippen LogP contribution in [0, 0.1) is 5.82 Å². The molecule has 0 bridgehead atoms. The Kier molecular flexibility index (Phi) is 3.48. The number of carbonyl (C=O) groups excluding carboxylic acids is 1. The molecule has 3 rings (SSSR count). The normalized spacial score (nSPS) is 10.7. The summed E-state index contributed by atoms with van der Waals surface area (Å²) in [4.78, 5) is 17.2. The molecule has 1 aromatic heterocycles. The molecule has 20 heavy (non-hydrogen) atoms. The molecule has 4 heteroatoms. The van der Waals surface area contributed by atoms with Gasteiger partial charge in [-0.1, -0.05) is 30.3 Å². The second-order valence-electron chi connectivity index (χ2n) is 4.20. The minimum Gasteiger partial charge on any atom is -0.281 e. The highest BCUT2D eigenvalue weighted by Gasteiger charge is 2.14. The predicted molar refractivity (Wildman–Crippen MR) is 78.3 cm³/mol. The third-order valence-electron chi connectivity index (χ3n) is 2.89. The molecule has 0 saturated heterocycles. The number of carbonyl (C=O) groups is 1. The fourth-order valence-electron chi connectivity index (χ4n) is 1.94. The van der Waals surface area contributed by atoms with Gasteiger partial charge in [-0.25, -0.2) is 4.39 Å². The average molecular weight is 283 g/mol. The molecule has 0 fully saturated rings. The van der Waals surface area contributed by atoms with Crippen molar-refractivity contribution in [3.8, 4) is 0 Å². The second-order valence-corrected chi connectivity index (χ2v) is 5.22. The van der Waals surface area contributed by atoms with Gasteiger partial charge in [-0.3, -0.25) is 9.78 Å². The van der Waals surface area contributed by atoms with Crippen LogP contribution in [0.15, 0.2) is 65.7 Å². The summed E-state index contributed by atoms with van der Waals surface area (Å²) in [5, 5.41) is 0.639. The zero-order valence-electron chi connectivity index (χ0n) is 10.4. The van der Waals surface area contributed by atoms with Gasteiger partial charge >= 0.3 is 0 Å². The number of halogens is 1. The number of para-hydroxylation sites is 1. The van der Waals surface area contributed by atoms with Crippen LogP contribution in [0.4, 0.5) is 4.39 Å². The van der Waals surface area contributed by atoms with Crippen LogP contribution < -0.4 is 0 Å². The Morgan fingerprint density at radius 1 is 1.00 bits per heavy atom. The van der Waals surface area contributed by atoms with Gasteiger partial charge in [0.05, 0.1) is 11.1 Å². The lowest BCUT2D eigenvalue weighted by Crippen LogP contribution is -1.97. The maximum absolute atomic E-state index is 13.6. The van der Waals surface area contributed by atoms with Crippen LogP contribution >= 0.6 is 11.8 Å². The summed E-state index contributed by atoms with van der Waals surface area (Å²) >= 11 is 0.999. The van der Waals surface area contributed by atoms with Crippen LogP contribution in [0.3, 0.4) is 0 Å². The van der Waals surface area contributed by atoms with E-state index in [1.54, 1.807) is 18.3 Å². The van der Waals surface area contributed by atoms with Crippen molar-refractivity contribution in [1.82, 2.24) is 4.98 Å². The maximum Gasteiger partial charge on any atom is 0.227 e. The number of aromatic nitrogens is 1. The van der Waals surface area contributed by atoms with E-state index in [2.05, 4.69) is 4.98 Å². The van der Waals surface area contributed by atoms with Crippen molar-refractivity contribution in [2.75, 3.05) is 0 Å². The minimum absolute atomic E-state index is 0.0884. The maximum atomic E-state index is 13.6. The van der Waals surface area contributed by atoms with Gasteiger partial charge in [0.2, 0.25) is 5.12 Å². The van der Waals surface area contributed by atoms with Gasteiger partial charge in [0.25, 0.3) is 0 Å². The molecule has 0 aliphatic heterocycles. The topological polar surface area (TPSA) is 30.0 Å².